The second kappa shape index (κ2) is 4.65. The fourth-order valence-corrected chi connectivity index (χ4v) is 1.72. The van der Waals surface area contributed by atoms with Gasteiger partial charge in [0.05, 0.1) is 17.7 Å². The highest BCUT2D eigenvalue weighted by Gasteiger charge is 2.19. The number of rotatable bonds is 3. The number of nitriles is 2. The fourth-order valence-electron chi connectivity index (χ4n) is 0.935. The van der Waals surface area contributed by atoms with Gasteiger partial charge < -0.3 is 0 Å². The van der Waals surface area contributed by atoms with Gasteiger partial charge in [0.15, 0.2) is 5.25 Å². The molecule has 0 aliphatic rings. The molecule has 0 heterocycles. The second-order valence-corrected chi connectivity index (χ2v) is 5.11. The summed E-state index contributed by atoms with van der Waals surface area (Å²) in [7, 11) is -3.68. The summed E-state index contributed by atoms with van der Waals surface area (Å²) < 4.78 is 25.2. The first-order valence-electron chi connectivity index (χ1n) is 4.41. The van der Waals surface area contributed by atoms with Gasteiger partial charge in [-0.15, -0.1) is 0 Å². The maximum absolute atomic E-state index is 11.5. The van der Waals surface area contributed by atoms with Crippen molar-refractivity contribution in [2.75, 3.05) is 4.72 Å². The van der Waals surface area contributed by atoms with Gasteiger partial charge in [0.1, 0.15) is 0 Å². The van der Waals surface area contributed by atoms with Crippen LogP contribution >= 0.6 is 0 Å². The van der Waals surface area contributed by atoms with Crippen molar-refractivity contribution in [3.63, 3.8) is 0 Å². The zero-order chi connectivity index (χ0) is 12.2. The predicted octanol–water partition coefficient (Wildman–Crippen LogP) is 1.21. The van der Waals surface area contributed by atoms with E-state index in [4.69, 9.17) is 10.5 Å². The summed E-state index contributed by atoms with van der Waals surface area (Å²) in [5.74, 6) is 0. The summed E-state index contributed by atoms with van der Waals surface area (Å²) in [5, 5.41) is 16.0. The van der Waals surface area contributed by atoms with Crippen molar-refractivity contribution >= 4 is 15.7 Å². The van der Waals surface area contributed by atoms with Crippen molar-refractivity contribution in [2.45, 2.75) is 12.2 Å². The number of hydrogen-bond donors (Lipinski definition) is 1. The SMILES string of the molecule is CC(C#N)S(=O)(=O)Nc1ccc(C#N)cc1. The van der Waals surface area contributed by atoms with Gasteiger partial charge in [0.25, 0.3) is 0 Å². The summed E-state index contributed by atoms with van der Waals surface area (Å²) in [6, 6.07) is 9.50. The third kappa shape index (κ3) is 2.72. The summed E-state index contributed by atoms with van der Waals surface area (Å²) >= 11 is 0. The van der Waals surface area contributed by atoms with Gasteiger partial charge in [0, 0.05) is 5.69 Å². The van der Waals surface area contributed by atoms with Crippen molar-refractivity contribution < 1.29 is 8.42 Å². The van der Waals surface area contributed by atoms with Crippen LogP contribution in [0.2, 0.25) is 0 Å². The first-order chi connectivity index (χ1) is 7.49. The Balaban J connectivity index is 2.91. The van der Waals surface area contributed by atoms with Crippen LogP contribution in [-0.2, 0) is 10.0 Å². The lowest BCUT2D eigenvalue weighted by Gasteiger charge is -2.08. The minimum Gasteiger partial charge on any atom is -0.282 e. The minimum absolute atomic E-state index is 0.334. The molecule has 1 aromatic rings. The molecule has 1 N–H and O–H groups in total. The molecule has 1 rings (SSSR count). The summed E-state index contributed by atoms with van der Waals surface area (Å²) in [6.45, 7) is 1.30. The molecule has 1 aromatic carbocycles. The second-order valence-electron chi connectivity index (χ2n) is 3.11. The normalized spacial score (nSPS) is 12.2. The summed E-state index contributed by atoms with van der Waals surface area (Å²) in [6.07, 6.45) is 0. The van der Waals surface area contributed by atoms with Crippen LogP contribution in [-0.4, -0.2) is 13.7 Å². The molecular weight excluding hydrogens is 226 g/mol. The number of anilines is 1. The van der Waals surface area contributed by atoms with Crippen LogP contribution in [0.3, 0.4) is 0 Å². The van der Waals surface area contributed by atoms with E-state index in [2.05, 4.69) is 4.72 Å². The molecule has 1 atom stereocenters. The van der Waals surface area contributed by atoms with Crippen molar-refractivity contribution in [1.29, 1.82) is 10.5 Å². The first kappa shape index (κ1) is 12.0. The lowest BCUT2D eigenvalue weighted by Crippen LogP contribution is -2.23. The van der Waals surface area contributed by atoms with Gasteiger partial charge in [0.2, 0.25) is 10.0 Å². The Morgan fingerprint density at radius 3 is 2.25 bits per heavy atom. The average molecular weight is 235 g/mol. The molecule has 16 heavy (non-hydrogen) atoms. The van der Waals surface area contributed by atoms with Crippen LogP contribution in [0.4, 0.5) is 5.69 Å². The van der Waals surface area contributed by atoms with Crippen LogP contribution in [0.5, 0.6) is 0 Å². The van der Waals surface area contributed by atoms with E-state index in [1.54, 1.807) is 6.07 Å². The van der Waals surface area contributed by atoms with E-state index in [0.717, 1.165) is 0 Å². The molecule has 0 aromatic heterocycles. The Morgan fingerprint density at radius 1 is 1.25 bits per heavy atom. The number of hydrogen-bond acceptors (Lipinski definition) is 4. The average Bonchev–Trinajstić information content (AvgIpc) is 2.28. The lowest BCUT2D eigenvalue weighted by atomic mass is 10.2. The highest BCUT2D eigenvalue weighted by molar-refractivity contribution is 7.93. The molecule has 0 saturated carbocycles. The third-order valence-corrected chi connectivity index (χ3v) is 3.48. The highest BCUT2D eigenvalue weighted by atomic mass is 32.2. The van der Waals surface area contributed by atoms with E-state index in [1.807, 2.05) is 6.07 Å². The van der Waals surface area contributed by atoms with Gasteiger partial charge in [-0.25, -0.2) is 8.42 Å². The lowest BCUT2D eigenvalue weighted by molar-refractivity contribution is 0.597. The topological polar surface area (TPSA) is 93.8 Å². The minimum atomic E-state index is -3.68. The predicted molar refractivity (Wildman–Crippen MR) is 58.8 cm³/mol. The van der Waals surface area contributed by atoms with Gasteiger partial charge in [-0.3, -0.25) is 4.72 Å². The Bertz CT molecular complexity index is 549. The molecule has 0 aliphatic carbocycles. The molecule has 82 valence electrons. The van der Waals surface area contributed by atoms with Gasteiger partial charge in [-0.05, 0) is 31.2 Å². The summed E-state index contributed by atoms with van der Waals surface area (Å²) in [5.41, 5.74) is 0.775. The smallest absolute Gasteiger partial charge is 0.248 e. The van der Waals surface area contributed by atoms with Crippen molar-refractivity contribution in [2.24, 2.45) is 0 Å². The highest BCUT2D eigenvalue weighted by Crippen LogP contribution is 2.12. The molecule has 1 unspecified atom stereocenters. The molecule has 0 bridgehead atoms. The molecule has 0 aliphatic heterocycles. The van der Waals surface area contributed by atoms with Crippen LogP contribution in [0.1, 0.15) is 12.5 Å². The quantitative estimate of drug-likeness (QED) is 0.852. The fraction of sp³-hybridized carbons (Fsp3) is 0.200. The van der Waals surface area contributed by atoms with E-state index < -0.39 is 15.3 Å². The monoisotopic (exact) mass is 235 g/mol. The Labute approximate surface area is 94.0 Å². The number of nitrogens with one attached hydrogen (secondary N) is 1. The molecule has 0 fully saturated rings. The van der Waals surface area contributed by atoms with E-state index in [0.29, 0.717) is 11.3 Å². The van der Waals surface area contributed by atoms with Crippen molar-refractivity contribution in [3.05, 3.63) is 29.8 Å². The maximum Gasteiger partial charge on any atom is 0.248 e. The molecule has 0 amide bonds. The van der Waals surface area contributed by atoms with E-state index in [-0.39, 0.29) is 0 Å². The standard InChI is InChI=1S/C10H9N3O2S/c1-8(6-11)16(14,15)13-10-4-2-9(7-12)3-5-10/h2-5,8,13H,1H3. The molecule has 0 radical (unpaired) electrons. The molecule has 0 spiro atoms. The van der Waals surface area contributed by atoms with Gasteiger partial charge >= 0.3 is 0 Å². The van der Waals surface area contributed by atoms with E-state index in [9.17, 15) is 8.42 Å². The number of nitrogens with zero attached hydrogens (tertiary/aromatic N) is 2. The van der Waals surface area contributed by atoms with Crippen LogP contribution in [0.15, 0.2) is 24.3 Å². The van der Waals surface area contributed by atoms with Crippen molar-refractivity contribution in [1.82, 2.24) is 0 Å². The first-order valence-corrected chi connectivity index (χ1v) is 5.95. The van der Waals surface area contributed by atoms with Crippen LogP contribution < -0.4 is 4.72 Å². The van der Waals surface area contributed by atoms with Crippen LogP contribution in [0, 0.1) is 22.7 Å². The Kier molecular flexibility index (Phi) is 3.49. The zero-order valence-electron chi connectivity index (χ0n) is 8.51. The largest absolute Gasteiger partial charge is 0.282 e. The molecular formula is C10H9N3O2S. The summed E-state index contributed by atoms with van der Waals surface area (Å²) in [4.78, 5) is 0. The molecule has 5 nitrogen and oxygen atoms in total. The number of benzene rings is 1. The van der Waals surface area contributed by atoms with E-state index >= 15 is 0 Å². The van der Waals surface area contributed by atoms with Gasteiger partial charge in [-0.1, -0.05) is 0 Å². The molecule has 0 saturated heterocycles. The van der Waals surface area contributed by atoms with Crippen LogP contribution in [0.25, 0.3) is 0 Å². The van der Waals surface area contributed by atoms with Crippen molar-refractivity contribution in [3.8, 4) is 12.1 Å². The maximum atomic E-state index is 11.5. The zero-order valence-corrected chi connectivity index (χ0v) is 9.32. The Hall–Kier alpha value is -2.05. The van der Waals surface area contributed by atoms with E-state index in [1.165, 1.54) is 31.2 Å². The Morgan fingerprint density at radius 2 is 1.81 bits per heavy atom. The molecule has 6 heteroatoms. The van der Waals surface area contributed by atoms with Gasteiger partial charge in [-0.2, -0.15) is 10.5 Å². The number of sulfonamides is 1. The third-order valence-electron chi connectivity index (χ3n) is 1.92.